The second-order valence-corrected chi connectivity index (χ2v) is 8.17. The highest BCUT2D eigenvalue weighted by atomic mass is 16.3. The van der Waals surface area contributed by atoms with E-state index in [1.165, 1.54) is 16.7 Å². The lowest BCUT2D eigenvalue weighted by Gasteiger charge is -2.42. The van der Waals surface area contributed by atoms with Crippen LogP contribution < -0.4 is 10.6 Å². The van der Waals surface area contributed by atoms with Crippen LogP contribution in [0.25, 0.3) is 0 Å². The van der Waals surface area contributed by atoms with E-state index in [1.54, 1.807) is 6.08 Å². The van der Waals surface area contributed by atoms with Crippen molar-refractivity contribution >= 4 is 5.84 Å². The molecule has 1 saturated heterocycles. The van der Waals surface area contributed by atoms with Gasteiger partial charge in [0.1, 0.15) is 11.7 Å². The van der Waals surface area contributed by atoms with Crippen LogP contribution in [0.2, 0.25) is 0 Å². The zero-order chi connectivity index (χ0) is 20.8. The average Bonchev–Trinajstić information content (AvgIpc) is 2.90. The minimum Gasteiger partial charge on any atom is -0.394 e. The molecule has 3 N–H and O–H groups in total. The highest BCUT2D eigenvalue weighted by Gasteiger charge is 2.32. The van der Waals surface area contributed by atoms with E-state index in [-0.39, 0.29) is 18.8 Å². The number of rotatable bonds is 7. The molecule has 0 spiro atoms. The standard InChI is InChI=1S/C24H34N4O/c1-5-20(16-29)26-22-14-23(25-15-19-9-7-6-8-10-19)28-12-11-18(4)13-21(17(2)3)24(28)27-22/h5-10,13,17,20,23,25,29H,1,11-12,14-16H2,2-4H3,(H,26,27)/t20-,23?/m1/s1. The van der Waals surface area contributed by atoms with Crippen LogP contribution in [0.5, 0.6) is 0 Å². The molecular weight excluding hydrogens is 360 g/mol. The van der Waals surface area contributed by atoms with Crippen molar-refractivity contribution in [1.82, 2.24) is 15.5 Å². The van der Waals surface area contributed by atoms with Crippen LogP contribution in [0.15, 0.2) is 71.0 Å². The van der Waals surface area contributed by atoms with Crippen molar-refractivity contribution in [2.75, 3.05) is 13.2 Å². The van der Waals surface area contributed by atoms with Gasteiger partial charge in [-0.15, -0.1) is 6.58 Å². The lowest BCUT2D eigenvalue weighted by atomic mass is 9.99. The third-order valence-corrected chi connectivity index (χ3v) is 5.52. The Morgan fingerprint density at radius 1 is 1.34 bits per heavy atom. The largest absolute Gasteiger partial charge is 0.394 e. The van der Waals surface area contributed by atoms with Crippen LogP contribution in [0.4, 0.5) is 0 Å². The number of hydrogen-bond acceptors (Lipinski definition) is 4. The number of fused-ring (bicyclic) bond motifs is 1. The van der Waals surface area contributed by atoms with Crippen molar-refractivity contribution in [3.05, 3.63) is 71.6 Å². The minimum atomic E-state index is -0.287. The molecule has 2 heterocycles. The van der Waals surface area contributed by atoms with Gasteiger partial charge in [-0.3, -0.25) is 10.3 Å². The van der Waals surface area contributed by atoms with Gasteiger partial charge >= 0.3 is 0 Å². The molecule has 2 aliphatic rings. The second-order valence-electron chi connectivity index (χ2n) is 8.17. The fourth-order valence-corrected chi connectivity index (χ4v) is 3.82. The summed E-state index contributed by atoms with van der Waals surface area (Å²) in [6, 6.07) is 10.2. The second kappa shape index (κ2) is 9.90. The van der Waals surface area contributed by atoms with Crippen LogP contribution in [0, 0.1) is 5.92 Å². The van der Waals surface area contributed by atoms with Gasteiger partial charge in [0, 0.05) is 19.5 Å². The predicted molar refractivity (Wildman–Crippen MR) is 120 cm³/mol. The first-order valence-electron chi connectivity index (χ1n) is 10.5. The normalized spacial score (nSPS) is 22.1. The summed E-state index contributed by atoms with van der Waals surface area (Å²) in [6.07, 6.45) is 5.96. The maximum Gasteiger partial charge on any atom is 0.111 e. The lowest BCUT2D eigenvalue weighted by molar-refractivity contribution is 0.194. The van der Waals surface area contributed by atoms with Gasteiger partial charge in [-0.2, -0.15) is 0 Å². The molecule has 5 heteroatoms. The summed E-state index contributed by atoms with van der Waals surface area (Å²) in [5, 5.41) is 16.9. The Morgan fingerprint density at radius 2 is 2.10 bits per heavy atom. The maximum atomic E-state index is 9.57. The number of aliphatic hydroxyl groups excluding tert-OH is 1. The van der Waals surface area contributed by atoms with Gasteiger partial charge in [0.25, 0.3) is 0 Å². The van der Waals surface area contributed by atoms with Gasteiger partial charge < -0.3 is 15.3 Å². The lowest BCUT2D eigenvalue weighted by Crippen LogP contribution is -2.56. The Labute approximate surface area is 174 Å². The Balaban J connectivity index is 1.93. The summed E-state index contributed by atoms with van der Waals surface area (Å²) in [6.45, 7) is 12.2. The first-order valence-corrected chi connectivity index (χ1v) is 10.5. The molecule has 0 radical (unpaired) electrons. The molecule has 156 valence electrons. The smallest absolute Gasteiger partial charge is 0.111 e. The molecule has 3 rings (SSSR count). The molecule has 29 heavy (non-hydrogen) atoms. The third-order valence-electron chi connectivity index (χ3n) is 5.52. The first-order chi connectivity index (χ1) is 14.0. The number of hydrogen-bond donors (Lipinski definition) is 3. The zero-order valence-electron chi connectivity index (χ0n) is 17.9. The first kappa shape index (κ1) is 21.3. The molecule has 5 nitrogen and oxygen atoms in total. The van der Waals surface area contributed by atoms with Gasteiger partial charge in [0.2, 0.25) is 0 Å². The molecule has 0 aliphatic carbocycles. The Kier molecular flexibility index (Phi) is 7.29. The van der Waals surface area contributed by atoms with Crippen molar-refractivity contribution in [3.8, 4) is 0 Å². The van der Waals surface area contributed by atoms with Crippen molar-refractivity contribution in [2.24, 2.45) is 10.9 Å². The summed E-state index contributed by atoms with van der Waals surface area (Å²) >= 11 is 0. The number of nitrogens with zero attached hydrogens (tertiary/aromatic N) is 2. The Bertz CT molecular complexity index is 794. The molecule has 1 aromatic rings. The summed E-state index contributed by atoms with van der Waals surface area (Å²) in [5.41, 5.74) is 3.97. The van der Waals surface area contributed by atoms with Gasteiger partial charge in [0.15, 0.2) is 0 Å². The van der Waals surface area contributed by atoms with E-state index in [2.05, 4.69) is 73.2 Å². The van der Waals surface area contributed by atoms with Crippen molar-refractivity contribution in [2.45, 2.75) is 52.4 Å². The molecule has 1 aromatic carbocycles. The van der Waals surface area contributed by atoms with E-state index >= 15 is 0 Å². The number of aliphatic hydroxyl groups is 1. The van der Waals surface area contributed by atoms with E-state index in [0.29, 0.717) is 5.92 Å². The number of amidine groups is 1. The highest BCUT2D eigenvalue weighted by molar-refractivity contribution is 5.86. The van der Waals surface area contributed by atoms with E-state index in [9.17, 15) is 5.11 Å². The zero-order valence-corrected chi connectivity index (χ0v) is 17.9. The van der Waals surface area contributed by atoms with Crippen molar-refractivity contribution in [1.29, 1.82) is 0 Å². The van der Waals surface area contributed by atoms with Crippen molar-refractivity contribution < 1.29 is 5.11 Å². The molecular formula is C24H34N4O. The fourth-order valence-electron chi connectivity index (χ4n) is 3.82. The van der Waals surface area contributed by atoms with Gasteiger partial charge in [-0.05, 0) is 30.4 Å². The topological polar surface area (TPSA) is 59.9 Å². The highest BCUT2D eigenvalue weighted by Crippen LogP contribution is 2.29. The summed E-state index contributed by atoms with van der Waals surface area (Å²) in [7, 11) is 0. The van der Waals surface area contributed by atoms with E-state index in [4.69, 9.17) is 4.99 Å². The summed E-state index contributed by atoms with van der Waals surface area (Å²) in [4.78, 5) is 7.18. The number of aliphatic imine (C=N–C) groups is 1. The summed E-state index contributed by atoms with van der Waals surface area (Å²) < 4.78 is 0. The number of benzene rings is 1. The average molecular weight is 395 g/mol. The van der Waals surface area contributed by atoms with E-state index in [1.807, 2.05) is 6.07 Å². The van der Waals surface area contributed by atoms with Crippen LogP contribution in [0.3, 0.4) is 0 Å². The monoisotopic (exact) mass is 394 g/mol. The van der Waals surface area contributed by atoms with Crippen LogP contribution in [0.1, 0.15) is 39.2 Å². The quantitative estimate of drug-likeness (QED) is 0.619. The van der Waals surface area contributed by atoms with E-state index in [0.717, 1.165) is 37.6 Å². The van der Waals surface area contributed by atoms with E-state index < -0.39 is 0 Å². The third kappa shape index (κ3) is 5.37. The molecule has 1 unspecified atom stereocenters. The fraction of sp³-hybridized carbons (Fsp3) is 0.458. The van der Waals surface area contributed by atoms with Crippen LogP contribution in [-0.4, -0.2) is 41.2 Å². The summed E-state index contributed by atoms with van der Waals surface area (Å²) in [5.74, 6) is 2.43. The Hall–Kier alpha value is -2.37. The molecule has 0 aromatic heterocycles. The molecule has 2 aliphatic heterocycles. The Morgan fingerprint density at radius 3 is 2.76 bits per heavy atom. The molecule has 2 atom stereocenters. The minimum absolute atomic E-state index is 0.0321. The van der Waals surface area contributed by atoms with Gasteiger partial charge in [-0.1, -0.05) is 61.9 Å². The van der Waals surface area contributed by atoms with Crippen LogP contribution >= 0.6 is 0 Å². The van der Waals surface area contributed by atoms with Crippen LogP contribution in [-0.2, 0) is 6.54 Å². The molecule has 1 fully saturated rings. The number of nitrogens with one attached hydrogen (secondary N) is 2. The molecule has 0 bridgehead atoms. The van der Waals surface area contributed by atoms with Gasteiger partial charge in [0.05, 0.1) is 18.8 Å². The van der Waals surface area contributed by atoms with Crippen molar-refractivity contribution in [3.63, 3.8) is 0 Å². The molecule has 0 saturated carbocycles. The SMILES string of the molecule is C=C[C@H](CO)N=C1CC(NCc2ccccc2)N2CCC(C)=CC(C(C)C)=C2N1. The predicted octanol–water partition coefficient (Wildman–Crippen LogP) is 3.56. The van der Waals surface area contributed by atoms with Gasteiger partial charge in [-0.25, -0.2) is 0 Å². The maximum absolute atomic E-state index is 9.57. The number of allylic oxidation sites excluding steroid dienone is 2. The molecule has 0 amide bonds.